The molecule has 0 aliphatic heterocycles. The Bertz CT molecular complexity index is 433. The van der Waals surface area contributed by atoms with Crippen LogP contribution >= 0.6 is 0 Å². The van der Waals surface area contributed by atoms with Gasteiger partial charge in [0.05, 0.1) is 5.56 Å². The number of rotatable bonds is 2. The first-order valence-electron chi connectivity index (χ1n) is 5.82. The zero-order chi connectivity index (χ0) is 11.0. The third kappa shape index (κ3) is 1.64. The maximum atomic E-state index is 11.8. The standard InChI is InChI=1S/C14H14O2/c15-14(11-4-2-1-3-5-11)16-13-9-10-6-7-12(13)8-10/h1-5,9-10,12H,6-8H2. The Morgan fingerprint density at radius 3 is 2.62 bits per heavy atom. The molecule has 16 heavy (non-hydrogen) atoms. The highest BCUT2D eigenvalue weighted by Crippen LogP contribution is 2.44. The number of carbonyl (C=O) groups is 1. The van der Waals surface area contributed by atoms with Crippen LogP contribution in [-0.2, 0) is 4.74 Å². The topological polar surface area (TPSA) is 26.3 Å². The summed E-state index contributed by atoms with van der Waals surface area (Å²) in [7, 11) is 0. The van der Waals surface area contributed by atoms with E-state index in [2.05, 4.69) is 6.08 Å². The van der Waals surface area contributed by atoms with Gasteiger partial charge in [-0.1, -0.05) is 18.2 Å². The summed E-state index contributed by atoms with van der Waals surface area (Å²) >= 11 is 0. The van der Waals surface area contributed by atoms with Gasteiger partial charge in [0.25, 0.3) is 0 Å². The van der Waals surface area contributed by atoms with Gasteiger partial charge in [-0.2, -0.15) is 0 Å². The van der Waals surface area contributed by atoms with Gasteiger partial charge in [0.2, 0.25) is 0 Å². The molecule has 2 unspecified atom stereocenters. The molecule has 1 aromatic carbocycles. The molecule has 1 saturated carbocycles. The van der Waals surface area contributed by atoms with E-state index in [1.54, 1.807) is 12.1 Å². The fourth-order valence-corrected chi connectivity index (χ4v) is 2.65. The molecule has 2 aliphatic rings. The summed E-state index contributed by atoms with van der Waals surface area (Å²) < 4.78 is 5.45. The highest BCUT2D eigenvalue weighted by molar-refractivity contribution is 5.90. The number of ether oxygens (including phenoxy) is 1. The van der Waals surface area contributed by atoms with Gasteiger partial charge < -0.3 is 4.74 Å². The predicted molar refractivity (Wildman–Crippen MR) is 60.8 cm³/mol. The van der Waals surface area contributed by atoms with Crippen LogP contribution in [0, 0.1) is 11.8 Å². The largest absolute Gasteiger partial charge is 0.428 e. The first-order chi connectivity index (χ1) is 7.83. The van der Waals surface area contributed by atoms with Crippen LogP contribution in [0.3, 0.4) is 0 Å². The lowest BCUT2D eigenvalue weighted by Crippen LogP contribution is -2.09. The zero-order valence-corrected chi connectivity index (χ0v) is 9.06. The summed E-state index contributed by atoms with van der Waals surface area (Å²) in [6, 6.07) is 9.18. The van der Waals surface area contributed by atoms with E-state index >= 15 is 0 Å². The Morgan fingerprint density at radius 2 is 2.00 bits per heavy atom. The zero-order valence-electron chi connectivity index (χ0n) is 9.06. The van der Waals surface area contributed by atoms with Gasteiger partial charge >= 0.3 is 5.97 Å². The number of hydrogen-bond donors (Lipinski definition) is 0. The number of allylic oxidation sites excluding steroid dienone is 2. The van der Waals surface area contributed by atoms with Gasteiger partial charge in [-0.05, 0) is 43.4 Å². The van der Waals surface area contributed by atoms with Crippen molar-refractivity contribution in [1.29, 1.82) is 0 Å². The molecule has 0 N–H and O–H groups in total. The first kappa shape index (κ1) is 9.64. The van der Waals surface area contributed by atoms with Crippen molar-refractivity contribution < 1.29 is 9.53 Å². The summed E-state index contributed by atoms with van der Waals surface area (Å²) in [6.07, 6.45) is 5.75. The monoisotopic (exact) mass is 214 g/mol. The molecule has 2 nitrogen and oxygen atoms in total. The van der Waals surface area contributed by atoms with Crippen LogP contribution in [0.5, 0.6) is 0 Å². The minimum atomic E-state index is -0.223. The average molecular weight is 214 g/mol. The summed E-state index contributed by atoms with van der Waals surface area (Å²) in [5.74, 6) is 1.84. The third-order valence-electron chi connectivity index (χ3n) is 3.50. The fraction of sp³-hybridized carbons (Fsp3) is 0.357. The SMILES string of the molecule is O=C(OC1=CC2CCC1C2)c1ccccc1. The Morgan fingerprint density at radius 1 is 1.19 bits per heavy atom. The highest BCUT2D eigenvalue weighted by atomic mass is 16.5. The van der Waals surface area contributed by atoms with Crippen LogP contribution in [0.15, 0.2) is 42.2 Å². The van der Waals surface area contributed by atoms with Crippen molar-refractivity contribution in [2.75, 3.05) is 0 Å². The molecule has 0 heterocycles. The molecule has 0 amide bonds. The van der Waals surface area contributed by atoms with Gasteiger partial charge in [0, 0.05) is 5.92 Å². The third-order valence-corrected chi connectivity index (χ3v) is 3.50. The molecule has 2 atom stereocenters. The maximum absolute atomic E-state index is 11.8. The second-order valence-corrected chi connectivity index (χ2v) is 4.59. The van der Waals surface area contributed by atoms with E-state index in [0.29, 0.717) is 17.4 Å². The van der Waals surface area contributed by atoms with Crippen LogP contribution < -0.4 is 0 Å². The molecule has 0 saturated heterocycles. The Kier molecular flexibility index (Phi) is 2.28. The number of esters is 1. The summed E-state index contributed by atoms with van der Waals surface area (Å²) in [6.45, 7) is 0. The molecule has 2 heteroatoms. The van der Waals surface area contributed by atoms with Gasteiger partial charge in [-0.15, -0.1) is 0 Å². The van der Waals surface area contributed by atoms with Crippen molar-refractivity contribution >= 4 is 5.97 Å². The summed E-state index contributed by atoms with van der Waals surface area (Å²) in [5, 5.41) is 0. The van der Waals surface area contributed by atoms with Crippen molar-refractivity contribution in [2.24, 2.45) is 11.8 Å². The van der Waals surface area contributed by atoms with E-state index in [4.69, 9.17) is 4.74 Å². The number of fused-ring (bicyclic) bond motifs is 2. The number of carbonyl (C=O) groups excluding carboxylic acids is 1. The molecule has 1 fully saturated rings. The number of hydrogen-bond acceptors (Lipinski definition) is 2. The van der Waals surface area contributed by atoms with E-state index in [-0.39, 0.29) is 5.97 Å². The molecule has 3 rings (SSSR count). The predicted octanol–water partition coefficient (Wildman–Crippen LogP) is 3.16. The second kappa shape index (κ2) is 3.78. The van der Waals surface area contributed by atoms with Gasteiger partial charge in [0.1, 0.15) is 5.76 Å². The van der Waals surface area contributed by atoms with Crippen molar-refractivity contribution in [3.63, 3.8) is 0 Å². The first-order valence-corrected chi connectivity index (χ1v) is 5.82. The van der Waals surface area contributed by atoms with E-state index in [9.17, 15) is 4.79 Å². The highest BCUT2D eigenvalue weighted by Gasteiger charge is 2.35. The van der Waals surface area contributed by atoms with Crippen molar-refractivity contribution in [1.82, 2.24) is 0 Å². The van der Waals surface area contributed by atoms with E-state index in [1.807, 2.05) is 18.2 Å². The Labute approximate surface area is 94.9 Å². The molecule has 2 bridgehead atoms. The lowest BCUT2D eigenvalue weighted by Gasteiger charge is -2.13. The normalized spacial score (nSPS) is 26.6. The van der Waals surface area contributed by atoms with Crippen LogP contribution in [0.1, 0.15) is 29.6 Å². The van der Waals surface area contributed by atoms with E-state index in [0.717, 1.165) is 5.76 Å². The molecule has 82 valence electrons. The van der Waals surface area contributed by atoms with E-state index < -0.39 is 0 Å². The Hall–Kier alpha value is -1.57. The fourth-order valence-electron chi connectivity index (χ4n) is 2.65. The van der Waals surface area contributed by atoms with Gasteiger partial charge in [-0.3, -0.25) is 0 Å². The van der Waals surface area contributed by atoms with Crippen LogP contribution in [0.2, 0.25) is 0 Å². The quantitative estimate of drug-likeness (QED) is 0.707. The lowest BCUT2D eigenvalue weighted by atomic mass is 10.1. The average Bonchev–Trinajstić information content (AvgIpc) is 2.92. The number of benzene rings is 1. The molecule has 0 radical (unpaired) electrons. The van der Waals surface area contributed by atoms with Gasteiger partial charge in [-0.25, -0.2) is 4.79 Å². The smallest absolute Gasteiger partial charge is 0.343 e. The minimum Gasteiger partial charge on any atom is -0.428 e. The second-order valence-electron chi connectivity index (χ2n) is 4.59. The summed E-state index contributed by atoms with van der Waals surface area (Å²) in [4.78, 5) is 11.8. The summed E-state index contributed by atoms with van der Waals surface area (Å²) in [5.41, 5.74) is 0.631. The van der Waals surface area contributed by atoms with Crippen molar-refractivity contribution in [3.8, 4) is 0 Å². The van der Waals surface area contributed by atoms with Crippen LogP contribution in [-0.4, -0.2) is 5.97 Å². The van der Waals surface area contributed by atoms with E-state index in [1.165, 1.54) is 19.3 Å². The Balaban J connectivity index is 1.72. The maximum Gasteiger partial charge on any atom is 0.343 e. The molecule has 0 aromatic heterocycles. The minimum absolute atomic E-state index is 0.223. The molecule has 1 aromatic rings. The van der Waals surface area contributed by atoms with Crippen molar-refractivity contribution in [3.05, 3.63) is 47.7 Å². The molecular weight excluding hydrogens is 200 g/mol. The van der Waals surface area contributed by atoms with Crippen molar-refractivity contribution in [2.45, 2.75) is 19.3 Å². The lowest BCUT2D eigenvalue weighted by molar-refractivity contribution is 0.0592. The van der Waals surface area contributed by atoms with Crippen LogP contribution in [0.4, 0.5) is 0 Å². The van der Waals surface area contributed by atoms with Gasteiger partial charge in [0.15, 0.2) is 0 Å². The molecular formula is C14H14O2. The van der Waals surface area contributed by atoms with Crippen LogP contribution in [0.25, 0.3) is 0 Å². The molecule has 2 aliphatic carbocycles. The molecule has 0 spiro atoms.